The van der Waals surface area contributed by atoms with Crippen molar-refractivity contribution in [1.82, 2.24) is 10.3 Å². The highest BCUT2D eigenvalue weighted by molar-refractivity contribution is 7.11. The van der Waals surface area contributed by atoms with Gasteiger partial charge in [0.15, 0.2) is 0 Å². The van der Waals surface area contributed by atoms with Crippen LogP contribution in [0.5, 0.6) is 0 Å². The van der Waals surface area contributed by atoms with Crippen molar-refractivity contribution >= 4 is 11.3 Å². The summed E-state index contributed by atoms with van der Waals surface area (Å²) in [6, 6.07) is 0. The van der Waals surface area contributed by atoms with Crippen LogP contribution in [0.15, 0.2) is 0 Å². The van der Waals surface area contributed by atoms with Crippen LogP contribution in [-0.4, -0.2) is 18.1 Å². The number of aromatic nitrogens is 1. The van der Waals surface area contributed by atoms with Gasteiger partial charge in [-0.2, -0.15) is 0 Å². The van der Waals surface area contributed by atoms with E-state index < -0.39 is 0 Å². The topological polar surface area (TPSA) is 24.9 Å². The maximum absolute atomic E-state index is 4.95. The molecule has 1 N–H and O–H groups in total. The molecule has 100 valence electrons. The van der Waals surface area contributed by atoms with Crippen molar-refractivity contribution in [3.63, 3.8) is 0 Å². The summed E-state index contributed by atoms with van der Waals surface area (Å²) in [4.78, 5) is 6.54. The maximum Gasteiger partial charge on any atom is 0.0974 e. The third-order valence-corrected chi connectivity index (χ3v) is 5.87. The largest absolute Gasteiger partial charge is 0.316 e. The average Bonchev–Trinajstić information content (AvgIpc) is 2.82. The maximum atomic E-state index is 4.95. The molecule has 1 fully saturated rings. The van der Waals surface area contributed by atoms with Gasteiger partial charge in [-0.25, -0.2) is 4.98 Å². The molecule has 0 spiro atoms. The summed E-state index contributed by atoms with van der Waals surface area (Å²) in [5.74, 6) is 2.39. The summed E-state index contributed by atoms with van der Waals surface area (Å²) in [5.41, 5.74) is 1.43. The van der Waals surface area contributed by atoms with E-state index in [1.54, 1.807) is 4.88 Å². The van der Waals surface area contributed by atoms with Crippen LogP contribution in [0.1, 0.15) is 54.6 Å². The number of fused-ring (bicyclic) bond motifs is 1. The minimum Gasteiger partial charge on any atom is -0.316 e. The Bertz CT molecular complexity index is 405. The zero-order valence-electron chi connectivity index (χ0n) is 11.5. The predicted octanol–water partition coefficient (Wildman–Crippen LogP) is 3.37. The van der Waals surface area contributed by atoms with E-state index in [1.165, 1.54) is 49.4 Å². The third kappa shape index (κ3) is 2.48. The molecule has 2 aliphatic rings. The van der Waals surface area contributed by atoms with E-state index in [9.17, 15) is 0 Å². The Hall–Kier alpha value is -0.410. The summed E-state index contributed by atoms with van der Waals surface area (Å²) in [5, 5.41) is 4.92. The second-order valence-electron chi connectivity index (χ2n) is 6.21. The molecule has 3 rings (SSSR count). The highest BCUT2D eigenvalue weighted by atomic mass is 32.1. The van der Waals surface area contributed by atoms with Crippen molar-refractivity contribution < 1.29 is 0 Å². The number of aryl methyl sites for hydroxylation is 1. The van der Waals surface area contributed by atoms with Gasteiger partial charge in [-0.1, -0.05) is 13.8 Å². The lowest BCUT2D eigenvalue weighted by atomic mass is 9.83. The fourth-order valence-corrected chi connectivity index (χ4v) is 4.57. The van der Waals surface area contributed by atoms with E-state index in [1.807, 2.05) is 11.3 Å². The van der Waals surface area contributed by atoms with E-state index in [4.69, 9.17) is 4.98 Å². The van der Waals surface area contributed by atoms with Gasteiger partial charge in [0.1, 0.15) is 0 Å². The Labute approximate surface area is 114 Å². The Morgan fingerprint density at radius 3 is 2.94 bits per heavy atom. The second-order valence-corrected chi connectivity index (χ2v) is 7.33. The SMILES string of the molecule is CC(C)C1CCc2nc(C3CCCNC3)sc2C1. The molecule has 1 aliphatic carbocycles. The molecule has 0 bridgehead atoms. The molecule has 2 unspecified atom stereocenters. The first-order chi connectivity index (χ1) is 8.74. The molecular weight excluding hydrogens is 240 g/mol. The van der Waals surface area contributed by atoms with Crippen LogP contribution in [0.2, 0.25) is 0 Å². The number of hydrogen-bond donors (Lipinski definition) is 1. The van der Waals surface area contributed by atoms with Crippen molar-refractivity contribution in [3.05, 3.63) is 15.6 Å². The predicted molar refractivity (Wildman–Crippen MR) is 77.3 cm³/mol. The van der Waals surface area contributed by atoms with Crippen LogP contribution in [0.4, 0.5) is 0 Å². The number of thiazole rings is 1. The van der Waals surface area contributed by atoms with E-state index in [0.29, 0.717) is 5.92 Å². The molecular formula is C15H24N2S. The Balaban J connectivity index is 1.76. The van der Waals surface area contributed by atoms with Gasteiger partial charge in [0, 0.05) is 17.3 Å². The summed E-state index contributed by atoms with van der Waals surface area (Å²) < 4.78 is 0. The summed E-state index contributed by atoms with van der Waals surface area (Å²) in [6.07, 6.45) is 6.48. The monoisotopic (exact) mass is 264 g/mol. The average molecular weight is 264 g/mol. The van der Waals surface area contributed by atoms with Crippen molar-refractivity contribution in [1.29, 1.82) is 0 Å². The first-order valence-corrected chi connectivity index (χ1v) is 8.25. The van der Waals surface area contributed by atoms with Crippen LogP contribution >= 0.6 is 11.3 Å². The van der Waals surface area contributed by atoms with E-state index in [-0.39, 0.29) is 0 Å². The van der Waals surface area contributed by atoms with Crippen LogP contribution in [-0.2, 0) is 12.8 Å². The lowest BCUT2D eigenvalue weighted by Gasteiger charge is -2.24. The summed E-state index contributed by atoms with van der Waals surface area (Å²) >= 11 is 2.01. The van der Waals surface area contributed by atoms with Gasteiger partial charge in [0.2, 0.25) is 0 Å². The molecule has 0 radical (unpaired) electrons. The van der Waals surface area contributed by atoms with Crippen LogP contribution in [0.3, 0.4) is 0 Å². The zero-order valence-corrected chi connectivity index (χ0v) is 12.4. The quantitative estimate of drug-likeness (QED) is 0.886. The smallest absolute Gasteiger partial charge is 0.0974 e. The molecule has 1 saturated heterocycles. The van der Waals surface area contributed by atoms with Crippen molar-refractivity contribution in [2.24, 2.45) is 11.8 Å². The number of nitrogens with one attached hydrogen (secondary N) is 1. The van der Waals surface area contributed by atoms with Gasteiger partial charge in [-0.05, 0) is 50.5 Å². The van der Waals surface area contributed by atoms with Crippen molar-refractivity contribution in [3.8, 4) is 0 Å². The standard InChI is InChI=1S/C15H24N2S/c1-10(2)11-5-6-13-14(8-11)18-15(17-13)12-4-3-7-16-9-12/h10-12,16H,3-9H2,1-2H3. The first-order valence-electron chi connectivity index (χ1n) is 7.43. The molecule has 0 saturated carbocycles. The normalized spacial score (nSPS) is 28.4. The van der Waals surface area contributed by atoms with Crippen molar-refractivity contribution in [2.75, 3.05) is 13.1 Å². The third-order valence-electron chi connectivity index (χ3n) is 4.58. The van der Waals surface area contributed by atoms with Gasteiger partial charge in [0.25, 0.3) is 0 Å². The number of nitrogens with zero attached hydrogens (tertiary/aromatic N) is 1. The van der Waals surface area contributed by atoms with E-state index >= 15 is 0 Å². The Morgan fingerprint density at radius 2 is 2.22 bits per heavy atom. The van der Waals surface area contributed by atoms with Crippen LogP contribution in [0.25, 0.3) is 0 Å². The molecule has 0 amide bonds. The second kappa shape index (κ2) is 5.30. The minimum atomic E-state index is 0.687. The number of hydrogen-bond acceptors (Lipinski definition) is 3. The highest BCUT2D eigenvalue weighted by Gasteiger charge is 2.27. The highest BCUT2D eigenvalue weighted by Crippen LogP contribution is 2.36. The molecule has 3 heteroatoms. The fraction of sp³-hybridized carbons (Fsp3) is 0.800. The molecule has 1 aromatic heterocycles. The first kappa shape index (κ1) is 12.6. The van der Waals surface area contributed by atoms with Gasteiger partial charge in [-0.15, -0.1) is 11.3 Å². The summed E-state index contributed by atoms with van der Waals surface area (Å²) in [7, 11) is 0. The minimum absolute atomic E-state index is 0.687. The molecule has 2 atom stereocenters. The van der Waals surface area contributed by atoms with Crippen molar-refractivity contribution in [2.45, 2.75) is 51.9 Å². The molecule has 0 aromatic carbocycles. The van der Waals surface area contributed by atoms with Gasteiger partial charge < -0.3 is 5.32 Å². The molecule has 1 aromatic rings. The molecule has 2 heterocycles. The number of rotatable bonds is 2. The Morgan fingerprint density at radius 1 is 1.33 bits per heavy atom. The number of piperidine rings is 1. The molecule has 18 heavy (non-hydrogen) atoms. The van der Waals surface area contributed by atoms with E-state index in [2.05, 4.69) is 19.2 Å². The van der Waals surface area contributed by atoms with Gasteiger partial charge in [0.05, 0.1) is 10.7 Å². The van der Waals surface area contributed by atoms with Gasteiger partial charge in [-0.3, -0.25) is 0 Å². The molecule has 1 aliphatic heterocycles. The van der Waals surface area contributed by atoms with E-state index in [0.717, 1.165) is 18.4 Å². The molecule has 2 nitrogen and oxygen atoms in total. The lowest BCUT2D eigenvalue weighted by molar-refractivity contribution is 0.343. The van der Waals surface area contributed by atoms with Crippen LogP contribution in [0, 0.1) is 11.8 Å². The fourth-order valence-electron chi connectivity index (χ4n) is 3.23. The lowest BCUT2D eigenvalue weighted by Crippen LogP contribution is -2.28. The summed E-state index contributed by atoms with van der Waals surface area (Å²) in [6.45, 7) is 7.06. The van der Waals surface area contributed by atoms with Gasteiger partial charge >= 0.3 is 0 Å². The van der Waals surface area contributed by atoms with Crippen LogP contribution < -0.4 is 5.32 Å². The zero-order chi connectivity index (χ0) is 12.5. The Kier molecular flexibility index (Phi) is 3.71.